The van der Waals surface area contributed by atoms with Gasteiger partial charge in [-0.1, -0.05) is 6.92 Å². The van der Waals surface area contributed by atoms with Crippen molar-refractivity contribution in [3.8, 4) is 5.75 Å². The maximum absolute atomic E-state index is 11.9. The summed E-state index contributed by atoms with van der Waals surface area (Å²) in [5.74, 6) is 1.05. The Labute approximate surface area is 180 Å². The number of benzene rings is 1. The molecule has 30 heavy (non-hydrogen) atoms. The van der Waals surface area contributed by atoms with E-state index in [9.17, 15) is 9.59 Å². The highest BCUT2D eigenvalue weighted by molar-refractivity contribution is 5.83. The number of rotatable bonds is 15. The summed E-state index contributed by atoms with van der Waals surface area (Å²) in [4.78, 5) is 27.6. The molecule has 0 aromatic heterocycles. The van der Waals surface area contributed by atoms with E-state index >= 15 is 0 Å². The number of nitrogen functional groups attached to an aromatic ring is 1. The third-order valence-electron chi connectivity index (χ3n) is 5.35. The van der Waals surface area contributed by atoms with Crippen molar-refractivity contribution in [2.24, 2.45) is 0 Å². The number of anilines is 1. The molecule has 0 bridgehead atoms. The summed E-state index contributed by atoms with van der Waals surface area (Å²) in [6.45, 7) is 10.1. The summed E-state index contributed by atoms with van der Waals surface area (Å²) < 4.78 is 11.2. The summed E-state index contributed by atoms with van der Waals surface area (Å²) in [7, 11) is 0. The minimum absolute atomic E-state index is 0.354. The molecule has 1 aromatic rings. The Kier molecular flexibility index (Phi) is 11.4. The number of carbonyl (C=O) groups excluding carboxylic acids is 2. The largest absolute Gasteiger partial charge is 0.492 e. The smallest absolute Gasteiger partial charge is 0.152 e. The van der Waals surface area contributed by atoms with Gasteiger partial charge in [-0.05, 0) is 37.9 Å². The van der Waals surface area contributed by atoms with E-state index in [1.54, 1.807) is 18.2 Å². The molecule has 2 rings (SSSR count). The first-order valence-corrected chi connectivity index (χ1v) is 11.1. The lowest BCUT2D eigenvalue weighted by molar-refractivity contribution is -0.119. The van der Waals surface area contributed by atoms with Crippen LogP contribution in [0.15, 0.2) is 18.2 Å². The van der Waals surface area contributed by atoms with Gasteiger partial charge in [0.05, 0.1) is 0 Å². The fraction of sp³-hybridized carbons (Fsp3) is 0.652. The molecular weight excluding hydrogens is 382 g/mol. The Morgan fingerprint density at radius 1 is 1.03 bits per heavy atom. The molecule has 7 nitrogen and oxygen atoms in total. The van der Waals surface area contributed by atoms with E-state index in [0.717, 1.165) is 71.4 Å². The monoisotopic (exact) mass is 419 g/mol. The van der Waals surface area contributed by atoms with Gasteiger partial charge in [-0.25, -0.2) is 0 Å². The molecule has 0 spiro atoms. The third kappa shape index (κ3) is 9.24. The standard InChI is InChI=1S/C23H37N3O4/c1-2-15-29-16-4-6-21(28)5-3-9-25-10-12-26(13-11-25)14-17-30-22-8-7-20(19-27)23(24)18-22/h7-8,18-19H,2-6,9-17,24H2,1H3. The molecule has 0 unspecified atom stereocenters. The lowest BCUT2D eigenvalue weighted by Crippen LogP contribution is -2.47. The van der Waals surface area contributed by atoms with Crippen molar-refractivity contribution >= 4 is 17.8 Å². The molecule has 1 aliphatic heterocycles. The average molecular weight is 420 g/mol. The van der Waals surface area contributed by atoms with Gasteiger partial charge in [-0.2, -0.15) is 0 Å². The summed E-state index contributed by atoms with van der Waals surface area (Å²) in [6, 6.07) is 5.15. The van der Waals surface area contributed by atoms with E-state index in [2.05, 4.69) is 16.7 Å². The Morgan fingerprint density at radius 2 is 1.73 bits per heavy atom. The van der Waals surface area contributed by atoms with Crippen LogP contribution in [0.1, 0.15) is 49.4 Å². The summed E-state index contributed by atoms with van der Waals surface area (Å²) in [6.07, 6.45) is 4.87. The van der Waals surface area contributed by atoms with Gasteiger partial charge in [0, 0.05) is 76.1 Å². The normalized spacial score (nSPS) is 15.2. The van der Waals surface area contributed by atoms with Crippen molar-refractivity contribution in [3.05, 3.63) is 23.8 Å². The van der Waals surface area contributed by atoms with Crippen LogP contribution in [0, 0.1) is 0 Å². The second-order valence-corrected chi connectivity index (χ2v) is 7.80. The topological polar surface area (TPSA) is 85.1 Å². The maximum Gasteiger partial charge on any atom is 0.152 e. The average Bonchev–Trinajstić information content (AvgIpc) is 2.75. The summed E-state index contributed by atoms with van der Waals surface area (Å²) in [5.41, 5.74) is 6.74. The van der Waals surface area contributed by atoms with Crippen molar-refractivity contribution in [1.82, 2.24) is 9.80 Å². The van der Waals surface area contributed by atoms with Gasteiger partial charge in [0.25, 0.3) is 0 Å². The third-order valence-corrected chi connectivity index (χ3v) is 5.35. The van der Waals surface area contributed by atoms with Crippen molar-refractivity contribution in [1.29, 1.82) is 0 Å². The predicted octanol–water partition coefficient (Wildman–Crippen LogP) is 2.63. The minimum Gasteiger partial charge on any atom is -0.492 e. The first-order valence-electron chi connectivity index (χ1n) is 11.1. The number of ether oxygens (including phenoxy) is 2. The molecular formula is C23H37N3O4. The quantitative estimate of drug-likeness (QED) is 0.266. The molecule has 1 aliphatic rings. The van der Waals surface area contributed by atoms with E-state index in [1.807, 2.05) is 0 Å². The second-order valence-electron chi connectivity index (χ2n) is 7.80. The van der Waals surface area contributed by atoms with Crippen molar-refractivity contribution in [2.45, 2.75) is 39.0 Å². The lowest BCUT2D eigenvalue weighted by Gasteiger charge is -2.34. The lowest BCUT2D eigenvalue weighted by atomic mass is 10.1. The number of Topliss-reactive ketones (excluding diaryl/α,β-unsaturated/α-hetero) is 1. The van der Waals surface area contributed by atoms with Crippen LogP contribution in [-0.2, 0) is 9.53 Å². The van der Waals surface area contributed by atoms with Crippen LogP contribution >= 0.6 is 0 Å². The number of aldehydes is 1. The van der Waals surface area contributed by atoms with Crippen LogP contribution in [0.25, 0.3) is 0 Å². The Hall–Kier alpha value is -1.96. The van der Waals surface area contributed by atoms with Crippen LogP contribution in [0.5, 0.6) is 5.75 Å². The summed E-state index contributed by atoms with van der Waals surface area (Å²) >= 11 is 0. The zero-order chi connectivity index (χ0) is 21.6. The molecule has 0 amide bonds. The fourth-order valence-corrected chi connectivity index (χ4v) is 3.52. The maximum atomic E-state index is 11.9. The van der Waals surface area contributed by atoms with E-state index in [-0.39, 0.29) is 0 Å². The Balaban J connectivity index is 1.51. The summed E-state index contributed by atoms with van der Waals surface area (Å²) in [5, 5.41) is 0. The van der Waals surface area contributed by atoms with Crippen LogP contribution in [0.3, 0.4) is 0 Å². The molecule has 7 heteroatoms. The van der Waals surface area contributed by atoms with Crippen LogP contribution in [0.2, 0.25) is 0 Å². The highest BCUT2D eigenvalue weighted by atomic mass is 16.5. The van der Waals surface area contributed by atoms with Crippen LogP contribution in [-0.4, -0.2) is 81.0 Å². The van der Waals surface area contributed by atoms with Gasteiger partial charge < -0.3 is 20.1 Å². The molecule has 1 saturated heterocycles. The van der Waals surface area contributed by atoms with E-state index in [4.69, 9.17) is 15.2 Å². The number of nitrogens with two attached hydrogens (primary N) is 1. The van der Waals surface area contributed by atoms with Crippen molar-refractivity contribution < 1.29 is 19.1 Å². The molecule has 0 radical (unpaired) electrons. The molecule has 1 fully saturated rings. The van der Waals surface area contributed by atoms with Crippen LogP contribution < -0.4 is 10.5 Å². The second kappa shape index (κ2) is 14.1. The molecule has 0 aliphatic carbocycles. The van der Waals surface area contributed by atoms with E-state index < -0.39 is 0 Å². The molecule has 0 saturated carbocycles. The fourth-order valence-electron chi connectivity index (χ4n) is 3.52. The van der Waals surface area contributed by atoms with Gasteiger partial charge in [-0.15, -0.1) is 0 Å². The van der Waals surface area contributed by atoms with Gasteiger partial charge >= 0.3 is 0 Å². The molecule has 1 heterocycles. The highest BCUT2D eigenvalue weighted by Crippen LogP contribution is 2.18. The van der Waals surface area contributed by atoms with E-state index in [0.29, 0.717) is 48.8 Å². The zero-order valence-electron chi connectivity index (χ0n) is 18.3. The molecule has 0 atom stereocenters. The highest BCUT2D eigenvalue weighted by Gasteiger charge is 2.16. The molecule has 168 valence electrons. The zero-order valence-corrected chi connectivity index (χ0v) is 18.3. The van der Waals surface area contributed by atoms with Crippen LogP contribution in [0.4, 0.5) is 5.69 Å². The Morgan fingerprint density at radius 3 is 2.40 bits per heavy atom. The number of carbonyl (C=O) groups is 2. The first-order chi connectivity index (χ1) is 14.6. The number of hydrogen-bond donors (Lipinski definition) is 1. The number of hydrogen-bond acceptors (Lipinski definition) is 7. The predicted molar refractivity (Wildman–Crippen MR) is 119 cm³/mol. The van der Waals surface area contributed by atoms with Gasteiger partial charge in [0.15, 0.2) is 6.29 Å². The number of ketones is 1. The molecule has 2 N–H and O–H groups in total. The Bertz CT molecular complexity index is 645. The SMILES string of the molecule is CCCOCCCC(=O)CCCN1CCN(CCOc2ccc(C=O)c(N)c2)CC1. The number of piperazine rings is 1. The molecule has 1 aromatic carbocycles. The number of nitrogens with zero attached hydrogens (tertiary/aromatic N) is 2. The van der Waals surface area contributed by atoms with Crippen molar-refractivity contribution in [2.75, 3.05) is 64.8 Å². The van der Waals surface area contributed by atoms with E-state index in [1.165, 1.54) is 0 Å². The minimum atomic E-state index is 0.354. The first kappa shape index (κ1) is 24.3. The van der Waals surface area contributed by atoms with Gasteiger partial charge in [0.2, 0.25) is 0 Å². The van der Waals surface area contributed by atoms with Gasteiger partial charge in [-0.3, -0.25) is 14.5 Å². The van der Waals surface area contributed by atoms with Gasteiger partial charge in [0.1, 0.15) is 18.1 Å². The van der Waals surface area contributed by atoms with Crippen molar-refractivity contribution in [3.63, 3.8) is 0 Å².